The molecule has 0 aliphatic rings. The van der Waals surface area contributed by atoms with Crippen LogP contribution in [-0.4, -0.2) is 36.2 Å². The van der Waals surface area contributed by atoms with Crippen LogP contribution in [0.15, 0.2) is 0 Å². The van der Waals surface area contributed by atoms with Crippen LogP contribution in [0.4, 0.5) is 0 Å². The maximum Gasteiger partial charge on any atom is 2.00 e. The Bertz CT molecular complexity index is 103. The van der Waals surface area contributed by atoms with E-state index in [1.54, 1.807) is 0 Å². The Morgan fingerprint density at radius 2 is 2.00 bits per heavy atom. The molecule has 0 fully saturated rings. The van der Waals surface area contributed by atoms with E-state index in [0.717, 1.165) is 0 Å². The van der Waals surface area contributed by atoms with Crippen LogP contribution in [-0.2, 0) is 9.09 Å². The first kappa shape index (κ1) is 12.5. The standard InChI is InChI=1S/C2H8NO4P.Mg/c3-1-2-7-8(4,5)6;/h1-3H2,(H2,4,5,6);/q;+2/p-2. The summed E-state index contributed by atoms with van der Waals surface area (Å²) in [6.45, 7) is -0.196. The van der Waals surface area contributed by atoms with E-state index in [-0.39, 0.29) is 36.2 Å². The van der Waals surface area contributed by atoms with Crippen molar-refractivity contribution in [3.05, 3.63) is 0 Å². The Morgan fingerprint density at radius 1 is 1.56 bits per heavy atom. The van der Waals surface area contributed by atoms with E-state index in [1.165, 1.54) is 0 Å². The number of hydrogen-bond acceptors (Lipinski definition) is 5. The predicted octanol–water partition coefficient (Wildman–Crippen LogP) is -2.59. The molecule has 0 rings (SSSR count). The average Bonchev–Trinajstić information content (AvgIpc) is 1.59. The molecule has 2 N–H and O–H groups in total. The summed E-state index contributed by atoms with van der Waals surface area (Å²) >= 11 is 0. The van der Waals surface area contributed by atoms with Gasteiger partial charge in [0.05, 0.1) is 14.4 Å². The minimum atomic E-state index is -4.76. The first-order valence-electron chi connectivity index (χ1n) is 1.93. The molecule has 0 radical (unpaired) electrons. The van der Waals surface area contributed by atoms with E-state index >= 15 is 0 Å². The van der Waals surface area contributed by atoms with E-state index in [0.29, 0.717) is 0 Å². The molecule has 0 aliphatic carbocycles. The smallest absolute Gasteiger partial charge is 0.790 e. The van der Waals surface area contributed by atoms with Crippen LogP contribution in [0, 0.1) is 0 Å². The first-order chi connectivity index (χ1) is 3.56. The maximum atomic E-state index is 9.58. The van der Waals surface area contributed by atoms with Crippen molar-refractivity contribution in [2.45, 2.75) is 0 Å². The Balaban J connectivity index is 0. The molecule has 0 aromatic carbocycles. The van der Waals surface area contributed by atoms with Gasteiger partial charge >= 0.3 is 23.1 Å². The summed E-state index contributed by atoms with van der Waals surface area (Å²) in [5.74, 6) is 0. The molecule has 50 valence electrons. The van der Waals surface area contributed by atoms with Gasteiger partial charge in [-0.25, -0.2) is 0 Å². The van der Waals surface area contributed by atoms with Crippen LogP contribution in [0.25, 0.3) is 0 Å². The zero-order valence-electron chi connectivity index (χ0n) is 4.78. The van der Waals surface area contributed by atoms with Crippen molar-refractivity contribution in [1.29, 1.82) is 0 Å². The summed E-state index contributed by atoms with van der Waals surface area (Å²) in [4.78, 5) is 19.2. The number of nitrogens with two attached hydrogens (primary N) is 1. The Hall–Kier alpha value is 0.836. The summed E-state index contributed by atoms with van der Waals surface area (Å²) < 4.78 is 13.3. The van der Waals surface area contributed by atoms with Gasteiger partial charge in [0.1, 0.15) is 0 Å². The van der Waals surface area contributed by atoms with Crippen LogP contribution >= 0.6 is 7.82 Å². The molecule has 7 heteroatoms. The normalized spacial score (nSPS) is 10.6. The van der Waals surface area contributed by atoms with Crippen LogP contribution < -0.4 is 15.5 Å². The number of hydrogen-bond donors (Lipinski definition) is 1. The SMILES string of the molecule is NCCOP(=O)([O-])[O-].[Mg+2]. The van der Waals surface area contributed by atoms with E-state index in [9.17, 15) is 14.4 Å². The van der Waals surface area contributed by atoms with Gasteiger partial charge in [0.25, 0.3) is 0 Å². The van der Waals surface area contributed by atoms with Crippen molar-refractivity contribution in [2.24, 2.45) is 5.73 Å². The zero-order chi connectivity index (χ0) is 6.62. The third kappa shape index (κ3) is 12.1. The molecule has 5 nitrogen and oxygen atoms in total. The van der Waals surface area contributed by atoms with Gasteiger partial charge in [-0.2, -0.15) is 0 Å². The van der Waals surface area contributed by atoms with Crippen LogP contribution in [0.3, 0.4) is 0 Å². The number of rotatable bonds is 3. The topological polar surface area (TPSA) is 98.4 Å². The Labute approximate surface area is 69.0 Å². The van der Waals surface area contributed by atoms with Gasteiger partial charge < -0.3 is 24.6 Å². The fourth-order valence-electron chi connectivity index (χ4n) is 0.165. The second kappa shape index (κ2) is 5.61. The molecule has 0 atom stereocenters. The van der Waals surface area contributed by atoms with Gasteiger partial charge in [-0.15, -0.1) is 0 Å². The number of phosphoric ester groups is 1. The van der Waals surface area contributed by atoms with Gasteiger partial charge in [0.15, 0.2) is 0 Å². The summed E-state index contributed by atoms with van der Waals surface area (Å²) in [6.07, 6.45) is 0. The summed E-state index contributed by atoms with van der Waals surface area (Å²) in [5, 5.41) is 0. The first-order valence-corrected chi connectivity index (χ1v) is 3.39. The third-order valence-electron chi connectivity index (χ3n) is 0.367. The third-order valence-corrected chi connectivity index (χ3v) is 0.866. The van der Waals surface area contributed by atoms with E-state index in [1.807, 2.05) is 0 Å². The fraction of sp³-hybridized carbons (Fsp3) is 1.00. The quantitative estimate of drug-likeness (QED) is 0.364. The minimum Gasteiger partial charge on any atom is -0.790 e. The molecule has 0 bridgehead atoms. The van der Waals surface area contributed by atoms with Crippen molar-refractivity contribution < 1.29 is 18.9 Å². The molecule has 0 heterocycles. The second-order valence-electron chi connectivity index (χ2n) is 1.07. The molecule has 9 heavy (non-hydrogen) atoms. The van der Waals surface area contributed by atoms with Gasteiger partial charge in [-0.3, -0.25) is 0 Å². The van der Waals surface area contributed by atoms with Gasteiger partial charge in [0.2, 0.25) is 0 Å². The molecule has 0 spiro atoms. The maximum absolute atomic E-state index is 9.58. The number of phosphoric acid groups is 1. The monoisotopic (exact) mass is 163 g/mol. The Morgan fingerprint density at radius 3 is 2.11 bits per heavy atom. The summed E-state index contributed by atoms with van der Waals surface area (Å²) in [5.41, 5.74) is 4.81. The van der Waals surface area contributed by atoms with Crippen LogP contribution in [0.5, 0.6) is 0 Å². The molecule has 0 amide bonds. The van der Waals surface area contributed by atoms with Crippen molar-refractivity contribution in [3.63, 3.8) is 0 Å². The molecule has 0 saturated heterocycles. The van der Waals surface area contributed by atoms with E-state index in [4.69, 9.17) is 5.73 Å². The van der Waals surface area contributed by atoms with Crippen molar-refractivity contribution in [1.82, 2.24) is 0 Å². The summed E-state index contributed by atoms with van der Waals surface area (Å²) in [6, 6.07) is 0. The fourth-order valence-corrected chi connectivity index (χ4v) is 0.494. The molecule has 0 aromatic rings. The molecule has 0 unspecified atom stereocenters. The molecule has 0 aliphatic heterocycles. The van der Waals surface area contributed by atoms with Crippen LogP contribution in [0.1, 0.15) is 0 Å². The average molecular weight is 163 g/mol. The van der Waals surface area contributed by atoms with Gasteiger partial charge in [0, 0.05) is 6.54 Å². The van der Waals surface area contributed by atoms with E-state index in [2.05, 4.69) is 4.52 Å². The zero-order valence-corrected chi connectivity index (χ0v) is 7.09. The van der Waals surface area contributed by atoms with Gasteiger partial charge in [-0.1, -0.05) is 0 Å². The minimum absolute atomic E-state index is 0. The molecule has 0 aromatic heterocycles. The van der Waals surface area contributed by atoms with Gasteiger partial charge in [-0.05, 0) is 0 Å². The van der Waals surface area contributed by atoms with Crippen molar-refractivity contribution in [3.8, 4) is 0 Å². The van der Waals surface area contributed by atoms with E-state index < -0.39 is 7.82 Å². The molecule has 0 saturated carbocycles. The molecular formula is C2H6MgNO4P. The largest absolute Gasteiger partial charge is 2.00 e. The molecular weight excluding hydrogens is 157 g/mol. The predicted molar refractivity (Wildman–Crippen MR) is 28.4 cm³/mol. The van der Waals surface area contributed by atoms with Crippen LogP contribution in [0.2, 0.25) is 0 Å². The Kier molecular flexibility index (Phi) is 7.79. The second-order valence-corrected chi connectivity index (χ2v) is 2.22. The van der Waals surface area contributed by atoms with Crippen molar-refractivity contribution >= 4 is 30.9 Å². The summed E-state index contributed by atoms with van der Waals surface area (Å²) in [7, 11) is -4.76. The van der Waals surface area contributed by atoms with Crippen molar-refractivity contribution in [2.75, 3.05) is 13.2 Å².